The van der Waals surface area contributed by atoms with E-state index in [4.69, 9.17) is 28.2 Å². The van der Waals surface area contributed by atoms with Crippen LogP contribution in [0, 0.1) is 0 Å². The number of halogens is 2. The number of nitrogens with zero attached hydrogens (tertiary/aromatic N) is 3. The van der Waals surface area contributed by atoms with Gasteiger partial charge in [0.05, 0.1) is 10.0 Å². The Hall–Kier alpha value is -1.23. The topological polar surface area (TPSA) is 50.7 Å². The minimum absolute atomic E-state index is 0.324. The van der Waals surface area contributed by atoms with Crippen LogP contribution < -0.4 is 5.32 Å². The molecule has 2 aromatic heterocycles. The van der Waals surface area contributed by atoms with Gasteiger partial charge in [-0.25, -0.2) is 15.0 Å². The third-order valence-corrected chi connectivity index (χ3v) is 4.29. The van der Waals surface area contributed by atoms with Crippen molar-refractivity contribution in [3.05, 3.63) is 39.8 Å². The van der Waals surface area contributed by atoms with Crippen LogP contribution in [0.25, 0.3) is 11.5 Å². The number of aromatic nitrogens is 3. The largest absolute Gasteiger partial charge is 0.313 e. The minimum Gasteiger partial charge on any atom is -0.313 e. The monoisotopic (exact) mass is 322 g/mol. The molecule has 110 valence electrons. The molecule has 2 aromatic rings. The lowest BCUT2D eigenvalue weighted by atomic mass is 10.1. The molecule has 1 aliphatic carbocycles. The molecule has 0 radical (unpaired) electrons. The molecule has 1 atom stereocenters. The van der Waals surface area contributed by atoms with Gasteiger partial charge in [-0.2, -0.15) is 0 Å². The number of rotatable bonds is 2. The van der Waals surface area contributed by atoms with E-state index in [1.54, 1.807) is 12.3 Å². The fourth-order valence-electron chi connectivity index (χ4n) is 2.71. The molecule has 6 heteroatoms. The molecule has 0 saturated heterocycles. The Bertz CT molecular complexity index is 660. The van der Waals surface area contributed by atoms with Crippen molar-refractivity contribution < 1.29 is 0 Å². The Kier molecular flexibility index (Phi) is 4.38. The highest BCUT2D eigenvalue weighted by molar-refractivity contribution is 6.35. The van der Waals surface area contributed by atoms with Crippen LogP contribution in [0.4, 0.5) is 0 Å². The van der Waals surface area contributed by atoms with E-state index in [2.05, 4.69) is 15.3 Å². The van der Waals surface area contributed by atoms with Gasteiger partial charge in [-0.05, 0) is 32.4 Å². The zero-order chi connectivity index (χ0) is 14.8. The molecule has 21 heavy (non-hydrogen) atoms. The Morgan fingerprint density at radius 1 is 1.19 bits per heavy atom. The summed E-state index contributed by atoms with van der Waals surface area (Å²) in [5.41, 5.74) is 2.85. The number of fused-ring (bicyclic) bond motifs is 1. The van der Waals surface area contributed by atoms with Gasteiger partial charge in [0.25, 0.3) is 0 Å². The van der Waals surface area contributed by atoms with Crippen LogP contribution in [0.15, 0.2) is 18.5 Å². The summed E-state index contributed by atoms with van der Waals surface area (Å²) in [4.78, 5) is 13.4. The maximum absolute atomic E-state index is 6.20. The summed E-state index contributed by atoms with van der Waals surface area (Å²) in [5.74, 6) is 0.562. The molecule has 0 saturated carbocycles. The van der Waals surface area contributed by atoms with Crippen LogP contribution in [0.1, 0.15) is 36.6 Å². The van der Waals surface area contributed by atoms with E-state index in [1.807, 2.05) is 13.2 Å². The molecule has 3 rings (SSSR count). The predicted molar refractivity (Wildman–Crippen MR) is 84.6 cm³/mol. The molecule has 0 bridgehead atoms. The number of aryl methyl sites for hydroxylation is 1. The van der Waals surface area contributed by atoms with Gasteiger partial charge in [0.2, 0.25) is 0 Å². The standard InChI is InChI=1S/C15H16Cl2N4/c1-18-12-4-2-3-5-13-10(12)8-20-15(21-13)14-11(17)6-9(16)7-19-14/h6-8,12,18H,2-5H2,1H3. The molecule has 1 N–H and O–H groups in total. The van der Waals surface area contributed by atoms with E-state index in [0.29, 0.717) is 27.6 Å². The van der Waals surface area contributed by atoms with Crippen molar-refractivity contribution in [2.45, 2.75) is 31.7 Å². The number of hydrogen-bond donors (Lipinski definition) is 1. The van der Waals surface area contributed by atoms with Gasteiger partial charge < -0.3 is 5.32 Å². The van der Waals surface area contributed by atoms with Crippen LogP contribution in [0.2, 0.25) is 10.0 Å². The average molecular weight is 323 g/mol. The summed E-state index contributed by atoms with van der Waals surface area (Å²) in [6.07, 6.45) is 7.88. The Labute approximate surface area is 133 Å². The SMILES string of the molecule is CNC1CCCCc2nc(-c3ncc(Cl)cc3Cl)ncc21. The molecule has 1 unspecified atom stereocenters. The predicted octanol–water partition coefficient (Wildman–Crippen LogP) is 3.83. The molecular formula is C15H16Cl2N4. The summed E-state index contributed by atoms with van der Waals surface area (Å²) >= 11 is 12.1. The van der Waals surface area contributed by atoms with Crippen molar-refractivity contribution in [2.24, 2.45) is 0 Å². The first-order chi connectivity index (χ1) is 10.2. The Morgan fingerprint density at radius 3 is 2.81 bits per heavy atom. The van der Waals surface area contributed by atoms with Crippen LogP contribution in [0.5, 0.6) is 0 Å². The van der Waals surface area contributed by atoms with Crippen LogP contribution in [-0.2, 0) is 6.42 Å². The molecule has 0 fully saturated rings. The van der Waals surface area contributed by atoms with Crippen molar-refractivity contribution in [2.75, 3.05) is 7.05 Å². The second-order valence-corrected chi connectivity index (χ2v) is 6.01. The normalized spacial score (nSPS) is 18.1. The number of nitrogens with one attached hydrogen (secondary N) is 1. The molecule has 1 aliphatic rings. The van der Waals surface area contributed by atoms with E-state index in [0.717, 1.165) is 25.0 Å². The van der Waals surface area contributed by atoms with E-state index in [9.17, 15) is 0 Å². The molecule has 0 aliphatic heterocycles. The van der Waals surface area contributed by atoms with Crippen LogP contribution in [0.3, 0.4) is 0 Å². The van der Waals surface area contributed by atoms with E-state index >= 15 is 0 Å². The highest BCUT2D eigenvalue weighted by Gasteiger charge is 2.20. The van der Waals surface area contributed by atoms with Gasteiger partial charge in [-0.3, -0.25) is 0 Å². The Balaban J connectivity index is 2.04. The second kappa shape index (κ2) is 6.26. The second-order valence-electron chi connectivity index (χ2n) is 5.17. The van der Waals surface area contributed by atoms with Gasteiger partial charge in [0.15, 0.2) is 5.82 Å². The summed E-state index contributed by atoms with van der Waals surface area (Å²) in [6.45, 7) is 0. The first-order valence-corrected chi connectivity index (χ1v) is 7.79. The summed E-state index contributed by atoms with van der Waals surface area (Å²) < 4.78 is 0. The molecule has 0 aromatic carbocycles. The van der Waals surface area contributed by atoms with Gasteiger partial charge in [0, 0.05) is 29.7 Å². The summed E-state index contributed by atoms with van der Waals surface area (Å²) in [7, 11) is 1.98. The quantitative estimate of drug-likeness (QED) is 0.853. The highest BCUT2D eigenvalue weighted by Crippen LogP contribution is 2.30. The van der Waals surface area contributed by atoms with Crippen molar-refractivity contribution in [1.29, 1.82) is 0 Å². The number of pyridine rings is 1. The van der Waals surface area contributed by atoms with Crippen molar-refractivity contribution in [3.63, 3.8) is 0 Å². The fraction of sp³-hybridized carbons (Fsp3) is 0.400. The Morgan fingerprint density at radius 2 is 2.05 bits per heavy atom. The van der Waals surface area contributed by atoms with Gasteiger partial charge >= 0.3 is 0 Å². The average Bonchev–Trinajstić information content (AvgIpc) is 2.68. The maximum Gasteiger partial charge on any atom is 0.179 e. The molecule has 0 amide bonds. The first-order valence-electron chi connectivity index (χ1n) is 7.03. The first kappa shape index (κ1) is 14.7. The highest BCUT2D eigenvalue weighted by atomic mass is 35.5. The van der Waals surface area contributed by atoms with Crippen molar-refractivity contribution in [3.8, 4) is 11.5 Å². The lowest BCUT2D eigenvalue weighted by molar-refractivity contribution is 0.532. The van der Waals surface area contributed by atoms with Gasteiger partial charge in [0.1, 0.15) is 5.69 Å². The molecular weight excluding hydrogens is 307 g/mol. The third kappa shape index (κ3) is 3.03. The van der Waals surface area contributed by atoms with Crippen LogP contribution in [-0.4, -0.2) is 22.0 Å². The van der Waals surface area contributed by atoms with Crippen LogP contribution >= 0.6 is 23.2 Å². The zero-order valence-electron chi connectivity index (χ0n) is 11.7. The van der Waals surface area contributed by atoms with E-state index in [-0.39, 0.29) is 0 Å². The van der Waals surface area contributed by atoms with Gasteiger partial charge in [-0.15, -0.1) is 0 Å². The van der Waals surface area contributed by atoms with E-state index < -0.39 is 0 Å². The smallest absolute Gasteiger partial charge is 0.179 e. The lowest BCUT2D eigenvalue weighted by Gasteiger charge is -2.16. The summed E-state index contributed by atoms with van der Waals surface area (Å²) in [5, 5.41) is 4.32. The van der Waals surface area contributed by atoms with Gasteiger partial charge in [-0.1, -0.05) is 29.6 Å². The number of hydrogen-bond acceptors (Lipinski definition) is 4. The maximum atomic E-state index is 6.20. The van der Waals surface area contributed by atoms with E-state index in [1.165, 1.54) is 12.0 Å². The molecule has 2 heterocycles. The molecule has 0 spiro atoms. The third-order valence-electron chi connectivity index (χ3n) is 3.80. The van der Waals surface area contributed by atoms with Crippen molar-refractivity contribution >= 4 is 23.2 Å². The lowest BCUT2D eigenvalue weighted by Crippen LogP contribution is -2.17. The van der Waals surface area contributed by atoms with Crippen molar-refractivity contribution in [1.82, 2.24) is 20.3 Å². The summed E-state index contributed by atoms with van der Waals surface area (Å²) in [6, 6.07) is 1.99. The molecule has 4 nitrogen and oxygen atoms in total. The fourth-order valence-corrected chi connectivity index (χ4v) is 3.17. The zero-order valence-corrected chi connectivity index (χ0v) is 13.2. The minimum atomic E-state index is 0.324.